The summed E-state index contributed by atoms with van der Waals surface area (Å²) in [5, 5.41) is 12.7. The highest BCUT2D eigenvalue weighted by Gasteiger charge is 2.07. The maximum absolute atomic E-state index is 8.81. The van der Waals surface area contributed by atoms with Gasteiger partial charge in [0.2, 0.25) is 0 Å². The van der Waals surface area contributed by atoms with Crippen molar-refractivity contribution in [3.8, 4) is 6.07 Å². The highest BCUT2D eigenvalue weighted by atomic mass is 32.2. The van der Waals surface area contributed by atoms with Gasteiger partial charge < -0.3 is 5.32 Å². The van der Waals surface area contributed by atoms with E-state index in [-0.39, 0.29) is 6.04 Å². The quantitative estimate of drug-likeness (QED) is 0.685. The lowest BCUT2D eigenvalue weighted by Gasteiger charge is -2.13. The minimum absolute atomic E-state index is 0.0268. The Labute approximate surface area is 86.1 Å². The van der Waals surface area contributed by atoms with Crippen molar-refractivity contribution >= 4 is 11.8 Å². The predicted octanol–water partition coefficient (Wildman–Crippen LogP) is 2.41. The first kappa shape index (κ1) is 12.8. The van der Waals surface area contributed by atoms with Crippen LogP contribution in [-0.4, -0.2) is 23.6 Å². The Hall–Kier alpha value is -0.200. The first-order valence-electron chi connectivity index (χ1n) is 4.99. The van der Waals surface area contributed by atoms with Gasteiger partial charge in [0.25, 0.3) is 0 Å². The fourth-order valence-corrected chi connectivity index (χ4v) is 1.79. The number of rotatable bonds is 7. The molecule has 2 atom stereocenters. The number of hydrogen-bond donors (Lipinski definition) is 1. The third kappa shape index (κ3) is 6.92. The maximum Gasteiger partial charge on any atom is 0.104 e. The smallest absolute Gasteiger partial charge is 0.104 e. The van der Waals surface area contributed by atoms with E-state index in [9.17, 15) is 0 Å². The van der Waals surface area contributed by atoms with Crippen LogP contribution in [0, 0.1) is 11.3 Å². The molecule has 76 valence electrons. The van der Waals surface area contributed by atoms with Crippen LogP contribution >= 0.6 is 11.8 Å². The molecule has 0 amide bonds. The molecule has 0 spiro atoms. The lowest BCUT2D eigenvalue weighted by molar-refractivity contribution is 0.637. The first-order valence-corrected chi connectivity index (χ1v) is 6.04. The van der Waals surface area contributed by atoms with Gasteiger partial charge in [-0.15, -0.1) is 0 Å². The van der Waals surface area contributed by atoms with E-state index in [1.165, 1.54) is 6.42 Å². The first-order chi connectivity index (χ1) is 6.24. The van der Waals surface area contributed by atoms with Gasteiger partial charge in [0.15, 0.2) is 0 Å². The summed E-state index contributed by atoms with van der Waals surface area (Å²) >= 11 is 1.87. The van der Waals surface area contributed by atoms with Crippen molar-refractivity contribution in [2.24, 2.45) is 0 Å². The summed E-state index contributed by atoms with van der Waals surface area (Å²) in [5.74, 6) is 0.908. The Morgan fingerprint density at radius 2 is 2.15 bits per heavy atom. The molecule has 0 aliphatic carbocycles. The van der Waals surface area contributed by atoms with Crippen molar-refractivity contribution in [2.45, 2.75) is 44.9 Å². The molecule has 2 nitrogen and oxygen atoms in total. The van der Waals surface area contributed by atoms with Crippen LogP contribution in [0.3, 0.4) is 0 Å². The number of thioether (sulfide) groups is 1. The van der Waals surface area contributed by atoms with Crippen LogP contribution in [0.4, 0.5) is 0 Å². The molecule has 0 radical (unpaired) electrons. The van der Waals surface area contributed by atoms with Crippen molar-refractivity contribution in [2.75, 3.05) is 12.3 Å². The Morgan fingerprint density at radius 1 is 1.46 bits per heavy atom. The van der Waals surface area contributed by atoms with E-state index >= 15 is 0 Å². The molecule has 0 aliphatic rings. The third-order valence-corrected chi connectivity index (χ3v) is 3.35. The summed E-state index contributed by atoms with van der Waals surface area (Å²) in [5.41, 5.74) is 0. The molecule has 3 heteroatoms. The summed E-state index contributed by atoms with van der Waals surface area (Å²) in [6, 6.07) is 2.31. The average molecular weight is 200 g/mol. The Balaban J connectivity index is 3.54. The topological polar surface area (TPSA) is 35.8 Å². The second-order valence-corrected chi connectivity index (χ2v) is 4.66. The van der Waals surface area contributed by atoms with Crippen molar-refractivity contribution < 1.29 is 0 Å². The molecule has 0 aliphatic heterocycles. The molecule has 0 aromatic heterocycles. The largest absolute Gasteiger partial charge is 0.301 e. The molecular weight excluding hydrogens is 180 g/mol. The van der Waals surface area contributed by atoms with E-state index in [1.807, 2.05) is 11.8 Å². The van der Waals surface area contributed by atoms with Crippen molar-refractivity contribution in [1.29, 1.82) is 5.26 Å². The maximum atomic E-state index is 8.81. The van der Waals surface area contributed by atoms with E-state index in [0.717, 1.165) is 18.7 Å². The average Bonchev–Trinajstić information content (AvgIpc) is 2.17. The molecule has 2 unspecified atom stereocenters. The van der Waals surface area contributed by atoms with Gasteiger partial charge in [-0.2, -0.15) is 17.0 Å². The molecular formula is C10H20N2S. The SMILES string of the molecule is CCCNC(C#N)CSC(C)CC. The fourth-order valence-electron chi connectivity index (χ4n) is 0.839. The summed E-state index contributed by atoms with van der Waals surface area (Å²) in [6.07, 6.45) is 2.27. The number of nitrogens with zero attached hydrogens (tertiary/aromatic N) is 1. The van der Waals surface area contributed by atoms with Gasteiger partial charge in [0, 0.05) is 11.0 Å². The Bertz CT molecular complexity index is 153. The summed E-state index contributed by atoms with van der Waals surface area (Å²) in [4.78, 5) is 0. The van der Waals surface area contributed by atoms with Crippen molar-refractivity contribution in [3.63, 3.8) is 0 Å². The zero-order chi connectivity index (χ0) is 10.1. The molecule has 0 aromatic carbocycles. The zero-order valence-corrected chi connectivity index (χ0v) is 9.66. The lowest BCUT2D eigenvalue weighted by atomic mass is 10.3. The summed E-state index contributed by atoms with van der Waals surface area (Å²) in [7, 11) is 0. The predicted molar refractivity (Wildman–Crippen MR) is 59.9 cm³/mol. The van der Waals surface area contributed by atoms with Crippen molar-refractivity contribution in [3.05, 3.63) is 0 Å². The van der Waals surface area contributed by atoms with Crippen LogP contribution in [0.15, 0.2) is 0 Å². The van der Waals surface area contributed by atoms with Crippen LogP contribution in [0.2, 0.25) is 0 Å². The number of nitriles is 1. The van der Waals surface area contributed by atoms with Gasteiger partial charge in [-0.3, -0.25) is 0 Å². The van der Waals surface area contributed by atoms with Gasteiger partial charge in [-0.1, -0.05) is 20.8 Å². The highest BCUT2D eigenvalue weighted by Crippen LogP contribution is 2.14. The van der Waals surface area contributed by atoms with Crippen LogP contribution in [-0.2, 0) is 0 Å². The molecule has 0 aromatic rings. The zero-order valence-electron chi connectivity index (χ0n) is 8.84. The molecule has 0 rings (SSSR count). The molecule has 0 fully saturated rings. The minimum atomic E-state index is 0.0268. The molecule has 13 heavy (non-hydrogen) atoms. The van der Waals surface area contributed by atoms with Crippen LogP contribution < -0.4 is 5.32 Å². The molecule has 0 saturated carbocycles. The molecule has 0 heterocycles. The standard InChI is InChI=1S/C10H20N2S/c1-4-6-12-10(7-11)8-13-9(3)5-2/h9-10,12H,4-6,8H2,1-3H3. The van der Waals surface area contributed by atoms with E-state index in [4.69, 9.17) is 5.26 Å². The molecule has 1 N–H and O–H groups in total. The van der Waals surface area contributed by atoms with E-state index in [2.05, 4.69) is 32.2 Å². The fraction of sp³-hybridized carbons (Fsp3) is 0.900. The summed E-state index contributed by atoms with van der Waals surface area (Å²) in [6.45, 7) is 7.44. The lowest BCUT2D eigenvalue weighted by Crippen LogP contribution is -2.30. The molecule has 0 saturated heterocycles. The third-order valence-electron chi connectivity index (χ3n) is 1.92. The second-order valence-electron chi connectivity index (χ2n) is 3.19. The van der Waals surface area contributed by atoms with Gasteiger partial charge in [-0.25, -0.2) is 0 Å². The summed E-state index contributed by atoms with van der Waals surface area (Å²) < 4.78 is 0. The van der Waals surface area contributed by atoms with Crippen LogP contribution in [0.1, 0.15) is 33.6 Å². The van der Waals surface area contributed by atoms with Crippen LogP contribution in [0.5, 0.6) is 0 Å². The van der Waals surface area contributed by atoms with Gasteiger partial charge in [0.1, 0.15) is 6.04 Å². The van der Waals surface area contributed by atoms with Gasteiger partial charge >= 0.3 is 0 Å². The minimum Gasteiger partial charge on any atom is -0.301 e. The Kier molecular flexibility index (Phi) is 8.27. The van der Waals surface area contributed by atoms with Crippen molar-refractivity contribution in [1.82, 2.24) is 5.32 Å². The highest BCUT2D eigenvalue weighted by molar-refractivity contribution is 7.99. The Morgan fingerprint density at radius 3 is 2.62 bits per heavy atom. The van der Waals surface area contributed by atoms with E-state index < -0.39 is 0 Å². The monoisotopic (exact) mass is 200 g/mol. The van der Waals surface area contributed by atoms with Crippen LogP contribution in [0.25, 0.3) is 0 Å². The van der Waals surface area contributed by atoms with E-state index in [1.54, 1.807) is 0 Å². The number of nitrogens with one attached hydrogen (secondary N) is 1. The molecule has 0 bridgehead atoms. The second kappa shape index (κ2) is 8.40. The van der Waals surface area contributed by atoms with Gasteiger partial charge in [0.05, 0.1) is 6.07 Å². The normalized spacial score (nSPS) is 14.9. The van der Waals surface area contributed by atoms with Gasteiger partial charge in [-0.05, 0) is 19.4 Å². The number of hydrogen-bond acceptors (Lipinski definition) is 3. The van der Waals surface area contributed by atoms with E-state index in [0.29, 0.717) is 5.25 Å².